The van der Waals surface area contributed by atoms with Crippen LogP contribution >= 0.6 is 0 Å². The van der Waals surface area contributed by atoms with Gasteiger partial charge in [-0.05, 0) is 32.1 Å². The van der Waals surface area contributed by atoms with E-state index in [0.29, 0.717) is 13.1 Å². The average molecular weight is 390 g/mol. The number of piperazine rings is 1. The van der Waals surface area contributed by atoms with E-state index in [1.165, 1.54) is 6.42 Å². The van der Waals surface area contributed by atoms with E-state index in [2.05, 4.69) is 15.9 Å². The van der Waals surface area contributed by atoms with Crippen LogP contribution in [0, 0.1) is 11.3 Å². The SMILES string of the molecule is CN(C(=O)CN1CCN(CC(=O)N2CCCCC2)CC1)C1(C#N)CCCCC1. The van der Waals surface area contributed by atoms with Gasteiger partial charge in [0.05, 0.1) is 19.2 Å². The number of hydrogen-bond donors (Lipinski definition) is 0. The van der Waals surface area contributed by atoms with Crippen molar-refractivity contribution in [3.05, 3.63) is 0 Å². The van der Waals surface area contributed by atoms with Crippen molar-refractivity contribution in [2.45, 2.75) is 56.9 Å². The number of likely N-dealkylation sites (tertiary alicyclic amines) is 1. The molecule has 2 heterocycles. The quantitative estimate of drug-likeness (QED) is 0.709. The monoisotopic (exact) mass is 389 g/mol. The molecule has 0 radical (unpaired) electrons. The fourth-order valence-corrected chi connectivity index (χ4v) is 4.74. The minimum Gasteiger partial charge on any atom is -0.342 e. The number of amides is 2. The van der Waals surface area contributed by atoms with Gasteiger partial charge in [0.1, 0.15) is 5.54 Å². The standard InChI is InChI=1S/C21H35N5O2/c1-23(21(18-22)8-4-2-5-9-21)19(27)16-24-12-14-25(15-13-24)17-20(28)26-10-6-3-7-11-26/h2-17H2,1H3. The number of rotatable bonds is 5. The first kappa shape index (κ1) is 21.1. The van der Waals surface area contributed by atoms with Crippen LogP contribution in [0.3, 0.4) is 0 Å². The number of hydrogen-bond acceptors (Lipinski definition) is 5. The molecular formula is C21H35N5O2. The van der Waals surface area contributed by atoms with Crippen LogP contribution in [0.2, 0.25) is 0 Å². The van der Waals surface area contributed by atoms with Gasteiger partial charge in [-0.15, -0.1) is 0 Å². The van der Waals surface area contributed by atoms with Crippen molar-refractivity contribution in [3.63, 3.8) is 0 Å². The Hall–Kier alpha value is -1.65. The van der Waals surface area contributed by atoms with Gasteiger partial charge in [-0.25, -0.2) is 0 Å². The van der Waals surface area contributed by atoms with E-state index in [0.717, 1.165) is 84.2 Å². The topological polar surface area (TPSA) is 70.9 Å². The lowest BCUT2D eigenvalue weighted by molar-refractivity contribution is -0.137. The summed E-state index contributed by atoms with van der Waals surface area (Å²) in [5.41, 5.74) is -0.613. The molecule has 0 bridgehead atoms. The highest BCUT2D eigenvalue weighted by molar-refractivity contribution is 5.79. The van der Waals surface area contributed by atoms with Crippen LogP contribution in [-0.2, 0) is 9.59 Å². The zero-order valence-corrected chi connectivity index (χ0v) is 17.4. The molecule has 0 spiro atoms. The molecule has 1 saturated carbocycles. The first-order valence-corrected chi connectivity index (χ1v) is 10.9. The summed E-state index contributed by atoms with van der Waals surface area (Å²) in [6.07, 6.45) is 8.26. The lowest BCUT2D eigenvalue weighted by Gasteiger charge is -2.41. The average Bonchev–Trinajstić information content (AvgIpc) is 2.75. The Kier molecular flexibility index (Phi) is 7.30. The van der Waals surface area contributed by atoms with E-state index in [4.69, 9.17) is 0 Å². The van der Waals surface area contributed by atoms with E-state index < -0.39 is 5.54 Å². The highest BCUT2D eigenvalue weighted by atomic mass is 16.2. The van der Waals surface area contributed by atoms with E-state index >= 15 is 0 Å². The predicted molar refractivity (Wildman–Crippen MR) is 108 cm³/mol. The highest BCUT2D eigenvalue weighted by Gasteiger charge is 2.39. The molecule has 0 N–H and O–H groups in total. The Morgan fingerprint density at radius 2 is 1.39 bits per heavy atom. The van der Waals surface area contributed by atoms with Gasteiger partial charge in [0.15, 0.2) is 0 Å². The molecule has 3 aliphatic rings. The third-order valence-electron chi connectivity index (χ3n) is 6.80. The minimum atomic E-state index is -0.613. The number of carbonyl (C=O) groups is 2. The lowest BCUT2D eigenvalue weighted by atomic mass is 9.81. The Morgan fingerprint density at radius 3 is 1.96 bits per heavy atom. The molecule has 0 atom stereocenters. The van der Waals surface area contributed by atoms with Gasteiger partial charge in [0.2, 0.25) is 11.8 Å². The summed E-state index contributed by atoms with van der Waals surface area (Å²) in [5, 5.41) is 9.69. The van der Waals surface area contributed by atoms with Crippen LogP contribution in [0.25, 0.3) is 0 Å². The largest absolute Gasteiger partial charge is 0.342 e. The molecule has 3 fully saturated rings. The molecule has 7 heteroatoms. The molecule has 2 aliphatic heterocycles. The second-order valence-corrected chi connectivity index (χ2v) is 8.65. The number of likely N-dealkylation sites (N-methyl/N-ethyl adjacent to an activating group) is 1. The molecule has 0 aromatic heterocycles. The van der Waals surface area contributed by atoms with Gasteiger partial charge < -0.3 is 9.80 Å². The van der Waals surface area contributed by atoms with E-state index in [1.54, 1.807) is 11.9 Å². The van der Waals surface area contributed by atoms with Crippen molar-refractivity contribution in [1.82, 2.24) is 19.6 Å². The fourth-order valence-electron chi connectivity index (χ4n) is 4.74. The maximum atomic E-state index is 12.8. The van der Waals surface area contributed by atoms with Crippen molar-refractivity contribution < 1.29 is 9.59 Å². The summed E-state index contributed by atoms with van der Waals surface area (Å²) in [5.74, 6) is 0.290. The van der Waals surface area contributed by atoms with Crippen LogP contribution in [0.1, 0.15) is 51.4 Å². The summed E-state index contributed by atoms with van der Waals surface area (Å²) in [6, 6.07) is 2.43. The molecule has 2 saturated heterocycles. The third kappa shape index (κ3) is 5.03. The van der Waals surface area contributed by atoms with Gasteiger partial charge in [-0.1, -0.05) is 19.3 Å². The van der Waals surface area contributed by atoms with Crippen molar-refractivity contribution in [3.8, 4) is 6.07 Å². The van der Waals surface area contributed by atoms with Crippen molar-refractivity contribution in [2.75, 3.05) is 59.4 Å². The van der Waals surface area contributed by atoms with Crippen LogP contribution < -0.4 is 0 Å². The normalized spacial score (nSPS) is 23.8. The molecule has 2 amide bonds. The zero-order valence-electron chi connectivity index (χ0n) is 17.4. The van der Waals surface area contributed by atoms with Crippen LogP contribution in [0.15, 0.2) is 0 Å². The highest BCUT2D eigenvalue weighted by Crippen LogP contribution is 2.32. The van der Waals surface area contributed by atoms with Crippen LogP contribution in [-0.4, -0.2) is 96.4 Å². The summed E-state index contributed by atoms with van der Waals surface area (Å²) < 4.78 is 0. The van der Waals surface area contributed by atoms with E-state index in [1.807, 2.05) is 4.90 Å². The molecule has 0 aromatic rings. The van der Waals surface area contributed by atoms with E-state index in [-0.39, 0.29) is 11.8 Å². The van der Waals surface area contributed by atoms with Crippen molar-refractivity contribution in [2.24, 2.45) is 0 Å². The molecule has 7 nitrogen and oxygen atoms in total. The number of piperidine rings is 1. The number of nitriles is 1. The molecule has 28 heavy (non-hydrogen) atoms. The Labute approximate surface area is 169 Å². The first-order chi connectivity index (χ1) is 13.5. The molecule has 156 valence electrons. The molecule has 0 aromatic carbocycles. The fraction of sp³-hybridized carbons (Fsp3) is 0.857. The van der Waals surface area contributed by atoms with Gasteiger partial charge in [-0.3, -0.25) is 19.4 Å². The summed E-state index contributed by atoms with van der Waals surface area (Å²) >= 11 is 0. The second kappa shape index (κ2) is 9.71. The second-order valence-electron chi connectivity index (χ2n) is 8.65. The summed E-state index contributed by atoms with van der Waals surface area (Å²) in [6.45, 7) is 5.91. The smallest absolute Gasteiger partial charge is 0.237 e. The third-order valence-corrected chi connectivity index (χ3v) is 6.80. The van der Waals surface area contributed by atoms with Crippen LogP contribution in [0.4, 0.5) is 0 Å². The summed E-state index contributed by atoms with van der Waals surface area (Å²) in [7, 11) is 1.80. The molecule has 0 unspecified atom stereocenters. The van der Waals surface area contributed by atoms with Gasteiger partial charge >= 0.3 is 0 Å². The van der Waals surface area contributed by atoms with Crippen molar-refractivity contribution in [1.29, 1.82) is 5.26 Å². The Morgan fingerprint density at radius 1 is 0.857 bits per heavy atom. The van der Waals surface area contributed by atoms with E-state index in [9.17, 15) is 14.9 Å². The predicted octanol–water partition coefficient (Wildman–Crippen LogP) is 1.30. The lowest BCUT2D eigenvalue weighted by Crippen LogP contribution is -2.55. The Bertz CT molecular complexity index is 582. The molecule has 3 rings (SSSR count). The Balaban J connectivity index is 1.42. The minimum absolute atomic E-state index is 0.0429. The first-order valence-electron chi connectivity index (χ1n) is 10.9. The molecule has 1 aliphatic carbocycles. The molecular weight excluding hydrogens is 354 g/mol. The number of carbonyl (C=O) groups excluding carboxylic acids is 2. The number of nitrogens with zero attached hydrogens (tertiary/aromatic N) is 5. The van der Waals surface area contributed by atoms with Gasteiger partial charge in [0.25, 0.3) is 0 Å². The van der Waals surface area contributed by atoms with Gasteiger partial charge in [0, 0.05) is 46.3 Å². The van der Waals surface area contributed by atoms with Crippen molar-refractivity contribution >= 4 is 11.8 Å². The maximum absolute atomic E-state index is 12.8. The zero-order chi connectivity index (χ0) is 20.0. The maximum Gasteiger partial charge on any atom is 0.237 e. The van der Waals surface area contributed by atoms with Crippen LogP contribution in [0.5, 0.6) is 0 Å². The van der Waals surface area contributed by atoms with Gasteiger partial charge in [-0.2, -0.15) is 5.26 Å². The summed E-state index contributed by atoms with van der Waals surface area (Å²) in [4.78, 5) is 33.3.